The predicted octanol–water partition coefficient (Wildman–Crippen LogP) is 4.64. The highest BCUT2D eigenvalue weighted by atomic mass is 32.1. The van der Waals surface area contributed by atoms with Crippen LogP contribution in [0.15, 0.2) is 30.3 Å². The van der Waals surface area contributed by atoms with Gasteiger partial charge in [0, 0.05) is 11.8 Å². The Morgan fingerprint density at radius 2 is 1.61 bits per heavy atom. The number of nitrogens with one attached hydrogen (secondary N) is 2. The first kappa shape index (κ1) is 16.9. The molecule has 2 N–H and O–H groups in total. The number of nitro benzene ring substituents is 1. The second kappa shape index (κ2) is 6.75. The minimum absolute atomic E-state index is 0.0122. The van der Waals surface area contributed by atoms with Gasteiger partial charge in [-0.05, 0) is 74.3 Å². The number of benzene rings is 2. The summed E-state index contributed by atoms with van der Waals surface area (Å²) in [5.74, 6) is 0. The van der Waals surface area contributed by atoms with E-state index in [1.54, 1.807) is 12.1 Å². The van der Waals surface area contributed by atoms with Crippen molar-refractivity contribution in [2.24, 2.45) is 0 Å². The molecule has 0 atom stereocenters. The van der Waals surface area contributed by atoms with E-state index in [4.69, 9.17) is 12.2 Å². The molecule has 0 fully saturated rings. The molecule has 5 nitrogen and oxygen atoms in total. The van der Waals surface area contributed by atoms with Crippen LogP contribution in [0.5, 0.6) is 0 Å². The summed E-state index contributed by atoms with van der Waals surface area (Å²) in [6.07, 6.45) is 0. The molecule has 0 aliphatic rings. The van der Waals surface area contributed by atoms with Crippen molar-refractivity contribution in [3.05, 3.63) is 62.7 Å². The zero-order chi connectivity index (χ0) is 17.1. The summed E-state index contributed by atoms with van der Waals surface area (Å²) < 4.78 is 0. The van der Waals surface area contributed by atoms with Gasteiger partial charge in [-0.25, -0.2) is 0 Å². The van der Waals surface area contributed by atoms with Gasteiger partial charge in [-0.1, -0.05) is 12.1 Å². The zero-order valence-electron chi connectivity index (χ0n) is 13.6. The van der Waals surface area contributed by atoms with E-state index in [-0.39, 0.29) is 5.69 Å². The number of thiocarbonyl (C=S) groups is 1. The van der Waals surface area contributed by atoms with Crippen molar-refractivity contribution < 1.29 is 4.92 Å². The monoisotopic (exact) mass is 329 g/mol. The van der Waals surface area contributed by atoms with Crippen LogP contribution in [0.4, 0.5) is 17.1 Å². The van der Waals surface area contributed by atoms with E-state index in [0.717, 1.165) is 27.9 Å². The van der Waals surface area contributed by atoms with Crippen LogP contribution in [-0.2, 0) is 0 Å². The van der Waals surface area contributed by atoms with Crippen LogP contribution in [0.3, 0.4) is 0 Å². The van der Waals surface area contributed by atoms with Gasteiger partial charge >= 0.3 is 0 Å². The van der Waals surface area contributed by atoms with Crippen LogP contribution in [-0.4, -0.2) is 10.0 Å². The van der Waals surface area contributed by atoms with E-state index in [2.05, 4.69) is 10.6 Å². The molecule has 6 heteroatoms. The number of anilines is 2. The standard InChI is InChI=1S/C17H19N3O2S/c1-10-6-5-7-14(13(10)4)18-17(23)19-15-8-11(2)12(3)9-16(15)20(21)22/h5-9H,1-4H3,(H2,18,19,23). The Labute approximate surface area is 140 Å². The van der Waals surface area contributed by atoms with E-state index in [1.165, 1.54) is 0 Å². The SMILES string of the molecule is Cc1cc(NC(=S)Nc2cccc(C)c2C)c([N+](=O)[O-])cc1C. The first-order valence-electron chi connectivity index (χ1n) is 7.19. The molecule has 0 spiro atoms. The van der Waals surface area contributed by atoms with Gasteiger partial charge in [0.2, 0.25) is 0 Å². The smallest absolute Gasteiger partial charge is 0.293 e. The second-order valence-corrected chi connectivity index (χ2v) is 5.95. The molecule has 2 rings (SSSR count). The normalized spacial score (nSPS) is 10.3. The lowest BCUT2D eigenvalue weighted by Gasteiger charge is -2.14. The van der Waals surface area contributed by atoms with E-state index in [1.807, 2.05) is 45.9 Å². The van der Waals surface area contributed by atoms with Crippen molar-refractivity contribution in [2.45, 2.75) is 27.7 Å². The Hall–Kier alpha value is -2.47. The lowest BCUT2D eigenvalue weighted by Crippen LogP contribution is -2.20. The van der Waals surface area contributed by atoms with Crippen LogP contribution >= 0.6 is 12.2 Å². The lowest BCUT2D eigenvalue weighted by molar-refractivity contribution is -0.384. The Kier molecular flexibility index (Phi) is 4.95. The highest BCUT2D eigenvalue weighted by Crippen LogP contribution is 2.28. The summed E-state index contributed by atoms with van der Waals surface area (Å²) in [6, 6.07) is 9.17. The number of hydrogen-bond donors (Lipinski definition) is 2. The molecule has 2 aromatic rings. The van der Waals surface area contributed by atoms with Gasteiger partial charge in [0.1, 0.15) is 5.69 Å². The number of rotatable bonds is 3. The van der Waals surface area contributed by atoms with Gasteiger partial charge in [-0.15, -0.1) is 0 Å². The van der Waals surface area contributed by atoms with Crippen molar-refractivity contribution in [1.29, 1.82) is 0 Å². The second-order valence-electron chi connectivity index (χ2n) is 5.54. The van der Waals surface area contributed by atoms with Crippen molar-refractivity contribution in [3.63, 3.8) is 0 Å². The summed E-state index contributed by atoms with van der Waals surface area (Å²) >= 11 is 5.30. The quantitative estimate of drug-likeness (QED) is 0.488. The average Bonchev–Trinajstić information content (AvgIpc) is 2.47. The van der Waals surface area contributed by atoms with Gasteiger partial charge in [0.05, 0.1) is 4.92 Å². The van der Waals surface area contributed by atoms with Gasteiger partial charge < -0.3 is 10.6 Å². The minimum atomic E-state index is -0.407. The molecule has 0 aliphatic heterocycles. The first-order chi connectivity index (χ1) is 10.8. The van der Waals surface area contributed by atoms with E-state index >= 15 is 0 Å². The Balaban J connectivity index is 2.25. The van der Waals surface area contributed by atoms with Crippen molar-refractivity contribution in [1.82, 2.24) is 0 Å². The van der Waals surface area contributed by atoms with Gasteiger partial charge in [0.15, 0.2) is 5.11 Å². The van der Waals surface area contributed by atoms with Crippen molar-refractivity contribution >= 4 is 34.4 Å². The van der Waals surface area contributed by atoms with Crippen molar-refractivity contribution in [3.8, 4) is 0 Å². The van der Waals surface area contributed by atoms with Gasteiger partial charge in [0.25, 0.3) is 5.69 Å². The minimum Gasteiger partial charge on any atom is -0.332 e. The van der Waals surface area contributed by atoms with Crippen LogP contribution < -0.4 is 10.6 Å². The van der Waals surface area contributed by atoms with E-state index < -0.39 is 4.92 Å². The average molecular weight is 329 g/mol. The molecule has 0 saturated carbocycles. The highest BCUT2D eigenvalue weighted by Gasteiger charge is 2.16. The Morgan fingerprint density at radius 1 is 1.00 bits per heavy atom. The third-order valence-electron chi connectivity index (χ3n) is 3.91. The molecule has 0 unspecified atom stereocenters. The molecule has 0 radical (unpaired) electrons. The molecule has 120 valence electrons. The third-order valence-corrected chi connectivity index (χ3v) is 4.11. The van der Waals surface area contributed by atoms with Crippen LogP contribution in [0.25, 0.3) is 0 Å². The van der Waals surface area contributed by atoms with E-state index in [0.29, 0.717) is 10.8 Å². The van der Waals surface area contributed by atoms with Crippen LogP contribution in [0.1, 0.15) is 22.3 Å². The Morgan fingerprint density at radius 3 is 2.26 bits per heavy atom. The van der Waals surface area contributed by atoms with Crippen LogP contribution in [0, 0.1) is 37.8 Å². The fourth-order valence-corrected chi connectivity index (χ4v) is 2.43. The molecular formula is C17H19N3O2S. The summed E-state index contributed by atoms with van der Waals surface area (Å²) in [7, 11) is 0. The summed E-state index contributed by atoms with van der Waals surface area (Å²) in [5.41, 5.74) is 5.36. The predicted molar refractivity (Wildman–Crippen MR) is 98.3 cm³/mol. The molecule has 0 saturated heterocycles. The maximum atomic E-state index is 11.2. The lowest BCUT2D eigenvalue weighted by atomic mass is 10.1. The molecule has 2 aromatic carbocycles. The Bertz CT molecular complexity index is 788. The third kappa shape index (κ3) is 3.84. The fraction of sp³-hybridized carbons (Fsp3) is 0.235. The number of nitro groups is 1. The van der Waals surface area contributed by atoms with Crippen LogP contribution in [0.2, 0.25) is 0 Å². The van der Waals surface area contributed by atoms with Crippen molar-refractivity contribution in [2.75, 3.05) is 10.6 Å². The molecular weight excluding hydrogens is 310 g/mol. The molecule has 23 heavy (non-hydrogen) atoms. The highest BCUT2D eigenvalue weighted by molar-refractivity contribution is 7.80. The summed E-state index contributed by atoms with van der Waals surface area (Å²) in [6.45, 7) is 7.77. The zero-order valence-corrected chi connectivity index (χ0v) is 14.4. The summed E-state index contributed by atoms with van der Waals surface area (Å²) in [4.78, 5) is 10.8. The maximum absolute atomic E-state index is 11.2. The molecule has 0 heterocycles. The molecule has 0 bridgehead atoms. The first-order valence-corrected chi connectivity index (χ1v) is 7.60. The fourth-order valence-electron chi connectivity index (χ4n) is 2.21. The maximum Gasteiger partial charge on any atom is 0.293 e. The largest absolute Gasteiger partial charge is 0.332 e. The number of hydrogen-bond acceptors (Lipinski definition) is 3. The van der Waals surface area contributed by atoms with Gasteiger partial charge in [-0.3, -0.25) is 10.1 Å². The topological polar surface area (TPSA) is 67.2 Å². The molecule has 0 aromatic heterocycles. The number of aryl methyl sites for hydroxylation is 3. The van der Waals surface area contributed by atoms with Gasteiger partial charge in [-0.2, -0.15) is 0 Å². The molecule has 0 aliphatic carbocycles. The van der Waals surface area contributed by atoms with E-state index in [9.17, 15) is 10.1 Å². The number of nitrogens with zero attached hydrogens (tertiary/aromatic N) is 1. The molecule has 0 amide bonds. The summed E-state index contributed by atoms with van der Waals surface area (Å²) in [5, 5.41) is 17.6.